The summed E-state index contributed by atoms with van der Waals surface area (Å²) in [6.07, 6.45) is 9.99. The van der Waals surface area contributed by atoms with Gasteiger partial charge in [0.2, 0.25) is 0 Å². The lowest BCUT2D eigenvalue weighted by Gasteiger charge is -2.47. The highest BCUT2D eigenvalue weighted by atomic mass is 16.5. The lowest BCUT2D eigenvalue weighted by atomic mass is 9.71. The van der Waals surface area contributed by atoms with E-state index >= 15 is 0 Å². The van der Waals surface area contributed by atoms with Crippen molar-refractivity contribution in [3.63, 3.8) is 0 Å². The summed E-state index contributed by atoms with van der Waals surface area (Å²) in [7, 11) is 0. The van der Waals surface area contributed by atoms with Crippen molar-refractivity contribution < 1.29 is 9.84 Å². The summed E-state index contributed by atoms with van der Waals surface area (Å²) < 4.78 is 5.69. The molecule has 1 aliphatic carbocycles. The second-order valence-corrected chi connectivity index (χ2v) is 6.52. The lowest BCUT2D eigenvalue weighted by Crippen LogP contribution is -2.53. The Morgan fingerprint density at radius 2 is 2.11 bits per heavy atom. The summed E-state index contributed by atoms with van der Waals surface area (Å²) in [6, 6.07) is 0. The van der Waals surface area contributed by atoms with Crippen LogP contribution < -0.4 is 0 Å². The molecule has 0 aromatic rings. The number of rotatable bonds is 3. The minimum Gasteiger partial charge on any atom is -0.390 e. The topological polar surface area (TPSA) is 32.7 Å². The van der Waals surface area contributed by atoms with Crippen molar-refractivity contribution in [2.45, 2.75) is 63.1 Å². The molecule has 1 saturated carbocycles. The Kier molecular flexibility index (Phi) is 3.92. The van der Waals surface area contributed by atoms with Gasteiger partial charge >= 0.3 is 0 Å². The van der Waals surface area contributed by atoms with Crippen molar-refractivity contribution in [2.24, 2.45) is 5.92 Å². The molecule has 0 bridgehead atoms. The first kappa shape index (κ1) is 12.9. The van der Waals surface area contributed by atoms with Crippen LogP contribution in [0.15, 0.2) is 0 Å². The Morgan fingerprint density at radius 3 is 2.94 bits per heavy atom. The summed E-state index contributed by atoms with van der Waals surface area (Å²) in [5.41, 5.74) is -0.321. The zero-order chi connectivity index (χ0) is 12.4. The largest absolute Gasteiger partial charge is 0.390 e. The second-order valence-electron chi connectivity index (χ2n) is 6.52. The van der Waals surface area contributed by atoms with Crippen LogP contribution in [0.2, 0.25) is 0 Å². The molecule has 18 heavy (non-hydrogen) atoms. The first-order valence-electron chi connectivity index (χ1n) is 7.83. The summed E-state index contributed by atoms with van der Waals surface area (Å²) in [5.74, 6) is 0.532. The van der Waals surface area contributed by atoms with Crippen LogP contribution in [0.5, 0.6) is 0 Å². The fourth-order valence-electron chi connectivity index (χ4n) is 4.04. The van der Waals surface area contributed by atoms with Gasteiger partial charge in [-0.05, 0) is 38.5 Å². The van der Waals surface area contributed by atoms with Gasteiger partial charge in [-0.2, -0.15) is 0 Å². The molecule has 0 aromatic carbocycles. The highest BCUT2D eigenvalue weighted by Gasteiger charge is 2.42. The molecule has 2 heterocycles. The average Bonchev–Trinajstić information content (AvgIpc) is 2.89. The molecule has 0 amide bonds. The first-order chi connectivity index (χ1) is 8.76. The molecule has 0 aromatic heterocycles. The van der Waals surface area contributed by atoms with Crippen molar-refractivity contribution >= 4 is 0 Å². The van der Waals surface area contributed by atoms with Crippen LogP contribution in [-0.4, -0.2) is 48.0 Å². The smallest absolute Gasteiger partial charge is 0.0700 e. The standard InChI is InChI=1S/C15H27NO2/c17-15-7-2-1-4-13(15)12-16(10-8-15)9-6-14-5-3-11-18-14/h13-14,17H,1-12H2. The number of piperidine rings is 1. The minimum atomic E-state index is -0.321. The summed E-state index contributed by atoms with van der Waals surface area (Å²) in [4.78, 5) is 2.56. The van der Waals surface area contributed by atoms with Gasteiger partial charge in [0.15, 0.2) is 0 Å². The van der Waals surface area contributed by atoms with Crippen LogP contribution in [0.1, 0.15) is 51.4 Å². The summed E-state index contributed by atoms with van der Waals surface area (Å²) in [5, 5.41) is 10.6. The third-order valence-corrected chi connectivity index (χ3v) is 5.30. The van der Waals surface area contributed by atoms with E-state index in [0.29, 0.717) is 12.0 Å². The highest BCUT2D eigenvalue weighted by Crippen LogP contribution is 2.39. The van der Waals surface area contributed by atoms with Crippen LogP contribution in [-0.2, 0) is 4.74 Å². The van der Waals surface area contributed by atoms with Crippen molar-refractivity contribution in [1.29, 1.82) is 0 Å². The van der Waals surface area contributed by atoms with Gasteiger partial charge in [0, 0.05) is 32.2 Å². The van der Waals surface area contributed by atoms with Crippen molar-refractivity contribution in [3.8, 4) is 0 Å². The molecular weight excluding hydrogens is 226 g/mol. The lowest BCUT2D eigenvalue weighted by molar-refractivity contribution is -0.0964. The van der Waals surface area contributed by atoms with Crippen LogP contribution >= 0.6 is 0 Å². The molecule has 1 N–H and O–H groups in total. The van der Waals surface area contributed by atoms with Gasteiger partial charge in [-0.25, -0.2) is 0 Å². The van der Waals surface area contributed by atoms with Crippen LogP contribution in [0.25, 0.3) is 0 Å². The molecule has 3 aliphatic rings. The van der Waals surface area contributed by atoms with Crippen LogP contribution in [0.3, 0.4) is 0 Å². The van der Waals surface area contributed by atoms with E-state index in [1.165, 1.54) is 38.5 Å². The Bertz CT molecular complexity index is 278. The third-order valence-electron chi connectivity index (χ3n) is 5.30. The molecule has 0 spiro atoms. The molecule has 3 atom stereocenters. The molecule has 0 radical (unpaired) electrons. The molecule has 2 saturated heterocycles. The average molecular weight is 253 g/mol. The van der Waals surface area contributed by atoms with E-state index in [1.54, 1.807) is 0 Å². The van der Waals surface area contributed by atoms with E-state index < -0.39 is 0 Å². The number of hydrogen-bond acceptors (Lipinski definition) is 3. The van der Waals surface area contributed by atoms with E-state index in [4.69, 9.17) is 4.74 Å². The zero-order valence-electron chi connectivity index (χ0n) is 11.4. The minimum absolute atomic E-state index is 0.321. The normalized spacial score (nSPS) is 41.8. The number of nitrogens with zero attached hydrogens (tertiary/aromatic N) is 1. The Hall–Kier alpha value is -0.120. The Morgan fingerprint density at radius 1 is 1.17 bits per heavy atom. The number of hydrogen-bond donors (Lipinski definition) is 1. The third kappa shape index (κ3) is 2.73. The van der Waals surface area contributed by atoms with E-state index in [2.05, 4.69) is 4.90 Å². The van der Waals surface area contributed by atoms with Gasteiger partial charge in [0.25, 0.3) is 0 Å². The van der Waals surface area contributed by atoms with Crippen molar-refractivity contribution in [2.75, 3.05) is 26.2 Å². The van der Waals surface area contributed by atoms with Crippen molar-refractivity contribution in [1.82, 2.24) is 4.90 Å². The van der Waals surface area contributed by atoms with E-state index in [-0.39, 0.29) is 5.60 Å². The molecule has 3 unspecified atom stereocenters. The SMILES string of the molecule is OC12CCCCC1CN(CCC1CCCO1)CC2. The predicted octanol–water partition coefficient (Wildman–Crippen LogP) is 2.18. The number of aliphatic hydroxyl groups is 1. The van der Waals surface area contributed by atoms with Gasteiger partial charge in [0.1, 0.15) is 0 Å². The fraction of sp³-hybridized carbons (Fsp3) is 1.00. The van der Waals surface area contributed by atoms with Gasteiger partial charge in [-0.1, -0.05) is 12.8 Å². The van der Waals surface area contributed by atoms with Crippen LogP contribution in [0.4, 0.5) is 0 Å². The van der Waals surface area contributed by atoms with E-state index in [1.807, 2.05) is 0 Å². The summed E-state index contributed by atoms with van der Waals surface area (Å²) in [6.45, 7) is 4.33. The summed E-state index contributed by atoms with van der Waals surface area (Å²) >= 11 is 0. The van der Waals surface area contributed by atoms with E-state index in [0.717, 1.165) is 39.1 Å². The molecular formula is C15H27NO2. The monoisotopic (exact) mass is 253 g/mol. The highest BCUT2D eigenvalue weighted by molar-refractivity contribution is 4.95. The molecule has 104 valence electrons. The Labute approximate surface area is 110 Å². The van der Waals surface area contributed by atoms with Gasteiger partial charge < -0.3 is 14.7 Å². The molecule has 3 fully saturated rings. The molecule has 3 nitrogen and oxygen atoms in total. The van der Waals surface area contributed by atoms with Crippen LogP contribution in [0, 0.1) is 5.92 Å². The van der Waals surface area contributed by atoms with Gasteiger partial charge in [-0.3, -0.25) is 0 Å². The first-order valence-corrected chi connectivity index (χ1v) is 7.83. The molecule has 3 rings (SSSR count). The fourth-order valence-corrected chi connectivity index (χ4v) is 4.04. The number of fused-ring (bicyclic) bond motifs is 1. The molecule has 3 heteroatoms. The van der Waals surface area contributed by atoms with Crippen molar-refractivity contribution in [3.05, 3.63) is 0 Å². The quantitative estimate of drug-likeness (QED) is 0.837. The van der Waals surface area contributed by atoms with E-state index in [9.17, 15) is 5.11 Å². The molecule has 2 aliphatic heterocycles. The maximum Gasteiger partial charge on any atom is 0.0700 e. The number of ether oxygens (including phenoxy) is 1. The zero-order valence-corrected chi connectivity index (χ0v) is 11.4. The van der Waals surface area contributed by atoms with Gasteiger partial charge in [-0.15, -0.1) is 0 Å². The van der Waals surface area contributed by atoms with Gasteiger partial charge in [0.05, 0.1) is 11.7 Å². The predicted molar refractivity (Wildman–Crippen MR) is 71.6 cm³/mol. The number of likely N-dealkylation sites (tertiary alicyclic amines) is 1. The second kappa shape index (κ2) is 5.48. The maximum atomic E-state index is 10.6. The Balaban J connectivity index is 1.47. The maximum absolute atomic E-state index is 10.6.